The van der Waals surface area contributed by atoms with Crippen molar-refractivity contribution in [1.29, 1.82) is 0 Å². The molecule has 0 saturated heterocycles. The molecule has 0 heterocycles. The summed E-state index contributed by atoms with van der Waals surface area (Å²) in [6.45, 7) is 17.1. The second-order valence-corrected chi connectivity index (χ2v) is 4.95. The molecule has 0 aliphatic rings. The van der Waals surface area contributed by atoms with Gasteiger partial charge in [0.15, 0.2) is 0 Å². The van der Waals surface area contributed by atoms with E-state index in [1.54, 1.807) is 0 Å². The zero-order valence-corrected chi connectivity index (χ0v) is 16.6. The van der Waals surface area contributed by atoms with Gasteiger partial charge in [0, 0.05) is 31.2 Å². The Bertz CT molecular complexity index is 239. The lowest BCUT2D eigenvalue weighted by atomic mass is 9.84. The fourth-order valence-electron chi connectivity index (χ4n) is 1.11. The highest BCUT2D eigenvalue weighted by Crippen LogP contribution is 2.21. The van der Waals surface area contributed by atoms with E-state index in [-0.39, 0.29) is 11.2 Å². The van der Waals surface area contributed by atoms with Crippen LogP contribution in [-0.2, 0) is 9.59 Å². The molecule has 0 unspecified atom stereocenters. The van der Waals surface area contributed by atoms with Gasteiger partial charge in [-0.2, -0.15) is 0 Å². The molecule has 4 heteroatoms. The van der Waals surface area contributed by atoms with Crippen molar-refractivity contribution in [2.24, 2.45) is 11.1 Å². The number of hydrogen-bond donors (Lipinski definition) is 2. The van der Waals surface area contributed by atoms with Crippen molar-refractivity contribution < 1.29 is 9.59 Å². The molecule has 3 N–H and O–H groups in total. The van der Waals surface area contributed by atoms with Crippen LogP contribution in [0, 0.1) is 5.41 Å². The molecule has 0 aromatic carbocycles. The largest absolute Gasteiger partial charge is 0.330 e. The Labute approximate surface area is 139 Å². The SMILES string of the molecule is CC.CC.CCC(=O)CCNC.CCC(C)(C)C(=O)CCN. The molecule has 0 atom stereocenters. The molecule has 4 nitrogen and oxygen atoms in total. The van der Waals surface area contributed by atoms with Crippen molar-refractivity contribution >= 4 is 11.6 Å². The Morgan fingerprint density at radius 1 is 1.00 bits per heavy atom. The minimum absolute atomic E-state index is 0.167. The number of nitrogens with two attached hydrogens (primary N) is 1. The maximum Gasteiger partial charge on any atom is 0.139 e. The van der Waals surface area contributed by atoms with Crippen LogP contribution in [0.2, 0.25) is 0 Å². The van der Waals surface area contributed by atoms with Crippen LogP contribution in [0.1, 0.15) is 81.1 Å². The Morgan fingerprint density at radius 3 is 1.73 bits per heavy atom. The number of rotatable bonds is 8. The third kappa shape index (κ3) is 21.6. The normalized spacial score (nSPS) is 9.18. The lowest BCUT2D eigenvalue weighted by molar-refractivity contribution is -0.127. The van der Waals surface area contributed by atoms with Gasteiger partial charge < -0.3 is 11.1 Å². The summed E-state index contributed by atoms with van der Waals surface area (Å²) in [6.07, 6.45) is 2.75. The minimum atomic E-state index is -0.167. The van der Waals surface area contributed by atoms with Crippen molar-refractivity contribution in [3.05, 3.63) is 0 Å². The smallest absolute Gasteiger partial charge is 0.139 e. The van der Waals surface area contributed by atoms with Gasteiger partial charge in [-0.25, -0.2) is 0 Å². The van der Waals surface area contributed by atoms with Crippen LogP contribution in [0.15, 0.2) is 0 Å². The van der Waals surface area contributed by atoms with Gasteiger partial charge in [-0.3, -0.25) is 9.59 Å². The van der Waals surface area contributed by atoms with E-state index in [9.17, 15) is 9.59 Å². The standard InChI is InChI=1S/C8H17NO.C6H13NO.2C2H6/c1-4-8(2,3)7(10)5-6-9;1-3-6(8)4-5-7-2;2*1-2/h4-6,9H2,1-3H3;7H,3-5H2,1-2H3;2*1-2H3. The van der Waals surface area contributed by atoms with Crippen LogP contribution in [0.25, 0.3) is 0 Å². The molecule has 0 amide bonds. The average Bonchev–Trinajstić information content (AvgIpc) is 2.57. The van der Waals surface area contributed by atoms with Crippen molar-refractivity contribution in [2.45, 2.75) is 81.1 Å². The highest BCUT2D eigenvalue weighted by Gasteiger charge is 2.23. The highest BCUT2D eigenvalue weighted by atomic mass is 16.1. The molecule has 0 aliphatic carbocycles. The first-order valence-corrected chi connectivity index (χ1v) is 8.75. The lowest BCUT2D eigenvalue weighted by Gasteiger charge is -2.19. The molecule has 0 rings (SSSR count). The van der Waals surface area contributed by atoms with E-state index in [0.29, 0.717) is 31.6 Å². The van der Waals surface area contributed by atoms with Gasteiger partial charge in [0.1, 0.15) is 11.6 Å². The second kappa shape index (κ2) is 22.5. The fraction of sp³-hybridized carbons (Fsp3) is 0.889. The Balaban J connectivity index is -0.000000121. The highest BCUT2D eigenvalue weighted by molar-refractivity contribution is 5.84. The molecule has 0 bridgehead atoms. The van der Waals surface area contributed by atoms with Gasteiger partial charge in [0.25, 0.3) is 0 Å². The zero-order valence-electron chi connectivity index (χ0n) is 16.6. The van der Waals surface area contributed by atoms with Gasteiger partial charge in [-0.15, -0.1) is 0 Å². The van der Waals surface area contributed by atoms with Crippen molar-refractivity contribution in [1.82, 2.24) is 5.32 Å². The Morgan fingerprint density at radius 2 is 1.45 bits per heavy atom. The third-order valence-corrected chi connectivity index (χ3v) is 3.06. The summed E-state index contributed by atoms with van der Waals surface area (Å²) in [5.41, 5.74) is 5.09. The van der Waals surface area contributed by atoms with Gasteiger partial charge in [0.05, 0.1) is 0 Å². The van der Waals surface area contributed by atoms with E-state index in [1.807, 2.05) is 62.4 Å². The number of carbonyl (C=O) groups is 2. The van der Waals surface area contributed by atoms with Crippen molar-refractivity contribution in [2.75, 3.05) is 20.1 Å². The predicted octanol–water partition coefficient (Wildman–Crippen LogP) is 3.97. The number of hydrogen-bond acceptors (Lipinski definition) is 4. The van der Waals surface area contributed by atoms with Crippen LogP contribution in [0.3, 0.4) is 0 Å². The van der Waals surface area contributed by atoms with E-state index in [1.165, 1.54) is 0 Å². The van der Waals surface area contributed by atoms with Crippen LogP contribution in [0.5, 0.6) is 0 Å². The fourth-order valence-corrected chi connectivity index (χ4v) is 1.11. The molecular weight excluding hydrogens is 276 g/mol. The summed E-state index contributed by atoms with van der Waals surface area (Å²) in [6, 6.07) is 0. The maximum atomic E-state index is 11.2. The first kappa shape index (κ1) is 29.3. The van der Waals surface area contributed by atoms with E-state index in [4.69, 9.17) is 5.73 Å². The van der Waals surface area contributed by atoms with Crippen LogP contribution in [-0.4, -0.2) is 31.7 Å². The first-order chi connectivity index (χ1) is 10.4. The third-order valence-electron chi connectivity index (χ3n) is 3.06. The van der Waals surface area contributed by atoms with E-state index in [2.05, 4.69) is 5.32 Å². The Hall–Kier alpha value is -0.740. The van der Waals surface area contributed by atoms with E-state index in [0.717, 1.165) is 13.0 Å². The minimum Gasteiger partial charge on any atom is -0.330 e. The predicted molar refractivity (Wildman–Crippen MR) is 99.3 cm³/mol. The molecule has 0 aromatic rings. The van der Waals surface area contributed by atoms with Gasteiger partial charge in [0.2, 0.25) is 0 Å². The number of carbonyl (C=O) groups excluding carboxylic acids is 2. The second-order valence-electron chi connectivity index (χ2n) is 4.95. The first-order valence-electron chi connectivity index (χ1n) is 8.75. The lowest BCUT2D eigenvalue weighted by Crippen LogP contribution is -2.25. The summed E-state index contributed by atoms with van der Waals surface area (Å²) >= 11 is 0. The average molecular weight is 319 g/mol. The Kier molecular flexibility index (Phi) is 30.0. The molecule has 0 spiro atoms. The molecule has 0 aromatic heterocycles. The summed E-state index contributed by atoms with van der Waals surface area (Å²) in [7, 11) is 1.85. The summed E-state index contributed by atoms with van der Waals surface area (Å²) < 4.78 is 0. The van der Waals surface area contributed by atoms with Crippen molar-refractivity contribution in [3.63, 3.8) is 0 Å². The topological polar surface area (TPSA) is 72.2 Å². The van der Waals surface area contributed by atoms with Crippen LogP contribution >= 0.6 is 0 Å². The molecule has 136 valence electrons. The van der Waals surface area contributed by atoms with Crippen LogP contribution in [0.4, 0.5) is 0 Å². The molecular formula is C18H42N2O2. The molecule has 22 heavy (non-hydrogen) atoms. The van der Waals surface area contributed by atoms with E-state index >= 15 is 0 Å². The maximum absolute atomic E-state index is 11.2. The summed E-state index contributed by atoms with van der Waals surface area (Å²) in [5, 5.41) is 2.91. The number of Topliss-reactive ketones (excluding diaryl/α,β-unsaturated/α-hetero) is 2. The quantitative estimate of drug-likeness (QED) is 0.710. The number of ketones is 2. The molecule has 0 aliphatic heterocycles. The molecule has 0 saturated carbocycles. The molecule has 0 radical (unpaired) electrons. The van der Waals surface area contributed by atoms with Gasteiger partial charge in [-0.05, 0) is 20.0 Å². The zero-order chi connectivity index (χ0) is 18.6. The summed E-state index contributed by atoms with van der Waals surface area (Å²) in [4.78, 5) is 21.7. The monoisotopic (exact) mass is 318 g/mol. The van der Waals surface area contributed by atoms with E-state index < -0.39 is 0 Å². The number of nitrogens with one attached hydrogen (secondary N) is 1. The van der Waals surface area contributed by atoms with Gasteiger partial charge in [-0.1, -0.05) is 55.4 Å². The molecule has 0 fully saturated rings. The summed E-state index contributed by atoms with van der Waals surface area (Å²) in [5.74, 6) is 0.608. The van der Waals surface area contributed by atoms with Crippen molar-refractivity contribution in [3.8, 4) is 0 Å². The van der Waals surface area contributed by atoms with Crippen LogP contribution < -0.4 is 11.1 Å². The van der Waals surface area contributed by atoms with Gasteiger partial charge >= 0.3 is 0 Å².